The molecule has 80 valence electrons. The maximum atomic E-state index is 11.1. The summed E-state index contributed by atoms with van der Waals surface area (Å²) in [5.74, 6) is 0.209. The lowest BCUT2D eigenvalue weighted by atomic mass is 10.2. The molecule has 2 aliphatic heterocycles. The van der Waals surface area contributed by atoms with E-state index in [2.05, 4.69) is 9.98 Å². The van der Waals surface area contributed by atoms with Crippen molar-refractivity contribution in [3.05, 3.63) is 32.8 Å². The predicted molar refractivity (Wildman–Crippen MR) is 60.9 cm³/mol. The van der Waals surface area contributed by atoms with Crippen LogP contribution in [-0.2, 0) is 4.79 Å². The second-order valence-electron chi connectivity index (χ2n) is 3.47. The normalized spacial score (nSPS) is 17.2. The zero-order valence-electron chi connectivity index (χ0n) is 7.94. The van der Waals surface area contributed by atoms with Gasteiger partial charge in [-0.3, -0.25) is 4.79 Å². The van der Waals surface area contributed by atoms with Gasteiger partial charge in [0.2, 0.25) is 5.96 Å². The van der Waals surface area contributed by atoms with Gasteiger partial charge < -0.3 is 4.90 Å². The Balaban J connectivity index is 2.33. The molecular formula is C10H5Cl2N3O. The molecule has 0 unspecified atom stereocenters. The van der Waals surface area contributed by atoms with Gasteiger partial charge in [-0.1, -0.05) is 23.2 Å². The van der Waals surface area contributed by atoms with Gasteiger partial charge in [0.1, 0.15) is 6.54 Å². The van der Waals surface area contributed by atoms with Crippen molar-refractivity contribution in [3.8, 4) is 0 Å². The van der Waals surface area contributed by atoms with Crippen LogP contribution in [0.3, 0.4) is 0 Å². The molecule has 0 fully saturated rings. The van der Waals surface area contributed by atoms with Crippen LogP contribution in [0.1, 0.15) is 0 Å². The number of hydrogen-bond acceptors (Lipinski definition) is 3. The summed E-state index contributed by atoms with van der Waals surface area (Å²) in [7, 11) is 0. The Hall–Kier alpha value is -1.39. The maximum absolute atomic E-state index is 11.1. The first-order valence-electron chi connectivity index (χ1n) is 4.58. The highest BCUT2D eigenvalue weighted by atomic mass is 35.5. The molecule has 0 aromatic heterocycles. The number of rotatable bonds is 0. The summed E-state index contributed by atoms with van der Waals surface area (Å²) in [5, 5.41) is 2.32. The zero-order chi connectivity index (χ0) is 11.3. The Morgan fingerprint density at radius 3 is 2.88 bits per heavy atom. The molecule has 4 nitrogen and oxygen atoms in total. The Labute approximate surface area is 101 Å². The number of aliphatic imine (C=N–C) groups is 1. The van der Waals surface area contributed by atoms with E-state index in [9.17, 15) is 4.79 Å². The summed E-state index contributed by atoms with van der Waals surface area (Å²) >= 11 is 12.0. The molecule has 0 radical (unpaired) electrons. The van der Waals surface area contributed by atoms with Gasteiger partial charge in [0.15, 0.2) is 0 Å². The van der Waals surface area contributed by atoms with Gasteiger partial charge in [-0.25, -0.2) is 4.99 Å². The van der Waals surface area contributed by atoms with Crippen LogP contribution in [0.5, 0.6) is 0 Å². The van der Waals surface area contributed by atoms with Gasteiger partial charge in [0, 0.05) is 11.4 Å². The fourth-order valence-electron chi connectivity index (χ4n) is 1.66. The Kier molecular flexibility index (Phi) is 2.02. The van der Waals surface area contributed by atoms with Gasteiger partial charge in [-0.15, -0.1) is 0 Å². The fraction of sp³-hybridized carbons (Fsp3) is 0.100. The van der Waals surface area contributed by atoms with Crippen molar-refractivity contribution in [3.63, 3.8) is 0 Å². The average Bonchev–Trinajstić information content (AvgIpc) is 2.61. The smallest absolute Gasteiger partial charge is 0.268 e. The van der Waals surface area contributed by atoms with Crippen LogP contribution in [0.2, 0.25) is 10.0 Å². The average molecular weight is 254 g/mol. The van der Waals surface area contributed by atoms with Gasteiger partial charge in [-0.2, -0.15) is 4.99 Å². The molecule has 16 heavy (non-hydrogen) atoms. The minimum absolute atomic E-state index is 0.204. The monoisotopic (exact) mass is 253 g/mol. The Bertz CT molecular complexity index is 651. The highest BCUT2D eigenvalue weighted by Crippen LogP contribution is 2.16. The number of amides is 1. The summed E-state index contributed by atoms with van der Waals surface area (Å²) in [6.45, 7) is 0.209. The third-order valence-corrected chi connectivity index (χ3v) is 3.22. The van der Waals surface area contributed by atoms with E-state index < -0.39 is 0 Å². The number of benzene rings is 1. The lowest BCUT2D eigenvalue weighted by Crippen LogP contribution is -2.38. The fourth-order valence-corrected chi connectivity index (χ4v) is 2.03. The van der Waals surface area contributed by atoms with Gasteiger partial charge in [0.25, 0.3) is 5.91 Å². The number of carbonyl (C=O) groups is 1. The van der Waals surface area contributed by atoms with E-state index in [0.29, 0.717) is 21.4 Å². The Morgan fingerprint density at radius 1 is 1.25 bits per heavy atom. The molecule has 1 aromatic rings. The van der Waals surface area contributed by atoms with Crippen molar-refractivity contribution >= 4 is 41.3 Å². The van der Waals surface area contributed by atoms with E-state index in [4.69, 9.17) is 23.2 Å². The Morgan fingerprint density at radius 2 is 2.06 bits per heavy atom. The highest BCUT2D eigenvalue weighted by Gasteiger charge is 2.23. The van der Waals surface area contributed by atoms with Crippen LogP contribution in [0.25, 0.3) is 6.20 Å². The van der Waals surface area contributed by atoms with Crippen molar-refractivity contribution < 1.29 is 4.79 Å². The van der Waals surface area contributed by atoms with Crippen molar-refractivity contribution in [1.82, 2.24) is 4.90 Å². The summed E-state index contributed by atoms with van der Waals surface area (Å²) in [6, 6.07) is 3.43. The van der Waals surface area contributed by atoms with E-state index in [1.807, 2.05) is 0 Å². The number of hydrogen-bond donors (Lipinski definition) is 0. The summed E-state index contributed by atoms with van der Waals surface area (Å²) in [4.78, 5) is 20.8. The quantitative estimate of drug-likeness (QED) is 0.679. The maximum Gasteiger partial charge on any atom is 0.268 e. The summed E-state index contributed by atoms with van der Waals surface area (Å²) < 4.78 is 0. The standard InChI is InChI=1S/C10H5Cl2N3O/c11-6-1-2-7-5(9(6)12)3-15-4-8(16)14-10(15)13-7/h1-3H,4H2. The molecule has 1 amide bonds. The lowest BCUT2D eigenvalue weighted by molar-refractivity contribution is -0.116. The molecule has 6 heteroatoms. The predicted octanol–water partition coefficient (Wildman–Crippen LogP) is 0.563. The minimum Gasteiger partial charge on any atom is -0.307 e. The molecule has 0 N–H and O–H groups in total. The molecule has 0 bridgehead atoms. The van der Waals surface area contributed by atoms with Crippen molar-refractivity contribution in [1.29, 1.82) is 0 Å². The first-order chi connectivity index (χ1) is 7.65. The number of carbonyl (C=O) groups excluding carboxylic acids is 1. The molecule has 0 spiro atoms. The second-order valence-corrected chi connectivity index (χ2v) is 4.25. The molecule has 0 atom stereocenters. The van der Waals surface area contributed by atoms with Crippen LogP contribution in [0, 0.1) is 0 Å². The topological polar surface area (TPSA) is 45.0 Å². The first kappa shape index (κ1) is 9.81. The highest BCUT2D eigenvalue weighted by molar-refractivity contribution is 6.42. The molecular weight excluding hydrogens is 249 g/mol. The molecule has 2 heterocycles. The largest absolute Gasteiger partial charge is 0.307 e. The van der Waals surface area contributed by atoms with E-state index in [1.54, 1.807) is 23.2 Å². The van der Waals surface area contributed by atoms with Gasteiger partial charge >= 0.3 is 0 Å². The van der Waals surface area contributed by atoms with Crippen LogP contribution >= 0.6 is 23.2 Å². The van der Waals surface area contributed by atoms with Crippen molar-refractivity contribution in [2.75, 3.05) is 6.54 Å². The number of guanidine groups is 1. The molecule has 1 aromatic carbocycles. The molecule has 0 saturated carbocycles. The van der Waals surface area contributed by atoms with Crippen molar-refractivity contribution in [2.24, 2.45) is 9.98 Å². The number of fused-ring (bicyclic) bond motifs is 2. The SMILES string of the molecule is O=C1CN2C=c3c(Cl)c(Cl)ccc3=NC2=N1. The summed E-state index contributed by atoms with van der Waals surface area (Å²) in [6.07, 6.45) is 1.75. The summed E-state index contributed by atoms with van der Waals surface area (Å²) in [5.41, 5.74) is 0. The minimum atomic E-state index is -0.204. The van der Waals surface area contributed by atoms with E-state index in [1.165, 1.54) is 0 Å². The van der Waals surface area contributed by atoms with Gasteiger partial charge in [0.05, 0.1) is 15.4 Å². The molecule has 0 saturated heterocycles. The zero-order valence-corrected chi connectivity index (χ0v) is 9.46. The van der Waals surface area contributed by atoms with Crippen LogP contribution < -0.4 is 10.6 Å². The molecule has 2 aliphatic rings. The van der Waals surface area contributed by atoms with Crippen LogP contribution in [-0.4, -0.2) is 23.3 Å². The van der Waals surface area contributed by atoms with Gasteiger partial charge in [-0.05, 0) is 12.1 Å². The van der Waals surface area contributed by atoms with Crippen LogP contribution in [0.15, 0.2) is 22.1 Å². The second kappa shape index (κ2) is 3.30. The number of nitrogens with zero attached hydrogens (tertiary/aromatic N) is 3. The first-order valence-corrected chi connectivity index (χ1v) is 5.33. The molecule has 0 aliphatic carbocycles. The van der Waals surface area contributed by atoms with Crippen LogP contribution in [0.4, 0.5) is 0 Å². The number of halogens is 2. The lowest BCUT2D eigenvalue weighted by Gasteiger charge is -2.14. The third kappa shape index (κ3) is 1.34. The third-order valence-electron chi connectivity index (χ3n) is 2.40. The van der Waals surface area contributed by atoms with E-state index >= 15 is 0 Å². The molecule has 3 rings (SSSR count). The van der Waals surface area contributed by atoms with E-state index in [0.717, 1.165) is 5.22 Å². The van der Waals surface area contributed by atoms with E-state index in [-0.39, 0.29) is 12.5 Å². The van der Waals surface area contributed by atoms with Crippen molar-refractivity contribution in [2.45, 2.75) is 0 Å².